The Kier molecular flexibility index (Phi) is 2.82. The zero-order valence-electron chi connectivity index (χ0n) is 6.87. The van der Waals surface area contributed by atoms with E-state index in [1.807, 2.05) is 0 Å². The van der Waals surface area contributed by atoms with E-state index in [-0.39, 0.29) is 6.42 Å². The van der Waals surface area contributed by atoms with Gasteiger partial charge in [-0.3, -0.25) is 0 Å². The Labute approximate surface area is 66.2 Å². The molecule has 0 spiro atoms. The van der Waals surface area contributed by atoms with Gasteiger partial charge in [-0.25, -0.2) is 8.78 Å². The monoisotopic (exact) mass is 163 g/mol. The quantitative estimate of drug-likeness (QED) is 0.671. The van der Waals surface area contributed by atoms with Crippen molar-refractivity contribution in [3.63, 3.8) is 0 Å². The predicted molar refractivity (Wildman–Crippen MR) is 40.8 cm³/mol. The average molecular weight is 163 g/mol. The maximum absolute atomic E-state index is 13.1. The second-order valence-electron chi connectivity index (χ2n) is 3.20. The van der Waals surface area contributed by atoms with E-state index in [2.05, 4.69) is 5.32 Å². The molecule has 1 aliphatic rings. The lowest BCUT2D eigenvalue weighted by Crippen LogP contribution is -2.29. The Hall–Kier alpha value is -0.180. The molecule has 0 amide bonds. The van der Waals surface area contributed by atoms with Crippen molar-refractivity contribution in [3.8, 4) is 0 Å². The van der Waals surface area contributed by atoms with Gasteiger partial charge in [0.05, 0.1) is 0 Å². The molecule has 0 aromatic carbocycles. The highest BCUT2D eigenvalue weighted by Crippen LogP contribution is 2.33. The minimum atomic E-state index is -2.43. The van der Waals surface area contributed by atoms with E-state index < -0.39 is 11.8 Å². The van der Waals surface area contributed by atoms with E-state index >= 15 is 0 Å². The van der Waals surface area contributed by atoms with Gasteiger partial charge in [0.1, 0.15) is 0 Å². The van der Waals surface area contributed by atoms with Crippen LogP contribution in [-0.2, 0) is 0 Å². The topological polar surface area (TPSA) is 12.0 Å². The van der Waals surface area contributed by atoms with Crippen LogP contribution >= 0.6 is 0 Å². The molecule has 1 N–H and O–H groups in total. The summed E-state index contributed by atoms with van der Waals surface area (Å²) in [5.41, 5.74) is 0. The maximum Gasteiger partial charge on any atom is 0.252 e. The van der Waals surface area contributed by atoms with E-state index in [0.717, 1.165) is 6.54 Å². The lowest BCUT2D eigenvalue weighted by atomic mass is 9.97. The second kappa shape index (κ2) is 3.48. The molecular formula is C8H15F2N. The Balaban J connectivity index is 2.41. The van der Waals surface area contributed by atoms with Crippen LogP contribution in [0.4, 0.5) is 8.78 Å². The Morgan fingerprint density at radius 3 is 2.73 bits per heavy atom. The molecule has 1 aliphatic heterocycles. The largest absolute Gasteiger partial charge is 0.316 e. The van der Waals surface area contributed by atoms with Crippen molar-refractivity contribution < 1.29 is 8.78 Å². The molecule has 1 heterocycles. The summed E-state index contributed by atoms with van der Waals surface area (Å²) in [5.74, 6) is -2.85. The Morgan fingerprint density at radius 2 is 2.27 bits per heavy atom. The Bertz CT molecular complexity index is 119. The lowest BCUT2D eigenvalue weighted by Gasteiger charge is -2.21. The zero-order chi connectivity index (χ0) is 8.32. The van der Waals surface area contributed by atoms with E-state index in [1.54, 1.807) is 6.92 Å². The van der Waals surface area contributed by atoms with Gasteiger partial charge in [0.2, 0.25) is 0 Å². The van der Waals surface area contributed by atoms with Crippen LogP contribution in [0.3, 0.4) is 0 Å². The normalized spacial score (nSPS) is 25.9. The molecule has 0 aliphatic carbocycles. The minimum absolute atomic E-state index is 0.0410. The van der Waals surface area contributed by atoms with Crippen LogP contribution in [0.15, 0.2) is 0 Å². The third-order valence-electron chi connectivity index (χ3n) is 2.24. The second-order valence-corrected chi connectivity index (χ2v) is 3.20. The standard InChI is InChI=1S/C8H15F2N/c1-2-4-8(9,10)7-3-5-11-6-7/h7,11H,2-6H2,1H3. The summed E-state index contributed by atoms with van der Waals surface area (Å²) >= 11 is 0. The molecule has 0 radical (unpaired) electrons. The summed E-state index contributed by atoms with van der Waals surface area (Å²) in [4.78, 5) is 0. The fourth-order valence-corrected chi connectivity index (χ4v) is 1.55. The summed E-state index contributed by atoms with van der Waals surface area (Å²) in [7, 11) is 0. The molecule has 1 saturated heterocycles. The van der Waals surface area contributed by atoms with Crippen molar-refractivity contribution >= 4 is 0 Å². The van der Waals surface area contributed by atoms with Crippen molar-refractivity contribution in [2.75, 3.05) is 13.1 Å². The molecule has 1 unspecified atom stereocenters. The first-order valence-corrected chi connectivity index (χ1v) is 4.25. The molecule has 3 heteroatoms. The first kappa shape index (κ1) is 8.91. The smallest absolute Gasteiger partial charge is 0.252 e. The third-order valence-corrected chi connectivity index (χ3v) is 2.24. The van der Waals surface area contributed by atoms with Gasteiger partial charge in [-0.2, -0.15) is 0 Å². The minimum Gasteiger partial charge on any atom is -0.316 e. The first-order valence-electron chi connectivity index (χ1n) is 4.25. The maximum atomic E-state index is 13.1. The van der Waals surface area contributed by atoms with Gasteiger partial charge in [0, 0.05) is 18.9 Å². The summed E-state index contributed by atoms with van der Waals surface area (Å²) in [6.07, 6.45) is 1.25. The third kappa shape index (κ3) is 2.12. The van der Waals surface area contributed by atoms with E-state index in [4.69, 9.17) is 0 Å². The number of hydrogen-bond donors (Lipinski definition) is 1. The van der Waals surface area contributed by atoms with Gasteiger partial charge in [-0.1, -0.05) is 13.3 Å². The summed E-state index contributed by atoms with van der Waals surface area (Å²) in [6.45, 7) is 3.05. The molecular weight excluding hydrogens is 148 g/mol. The van der Waals surface area contributed by atoms with Crippen molar-refractivity contribution in [3.05, 3.63) is 0 Å². The van der Waals surface area contributed by atoms with Gasteiger partial charge in [0.15, 0.2) is 0 Å². The fraction of sp³-hybridized carbons (Fsp3) is 1.00. The first-order chi connectivity index (χ1) is 5.17. The summed E-state index contributed by atoms with van der Waals surface area (Å²) < 4.78 is 26.2. The number of nitrogens with one attached hydrogen (secondary N) is 1. The fourth-order valence-electron chi connectivity index (χ4n) is 1.55. The molecule has 66 valence electrons. The molecule has 1 atom stereocenters. The highest BCUT2D eigenvalue weighted by atomic mass is 19.3. The van der Waals surface area contributed by atoms with Crippen molar-refractivity contribution in [2.45, 2.75) is 32.1 Å². The van der Waals surface area contributed by atoms with E-state index in [9.17, 15) is 8.78 Å². The van der Waals surface area contributed by atoms with Crippen LogP contribution in [0.5, 0.6) is 0 Å². The molecule has 0 aromatic heterocycles. The molecule has 1 nitrogen and oxygen atoms in total. The highest BCUT2D eigenvalue weighted by molar-refractivity contribution is 4.83. The molecule has 0 saturated carbocycles. The number of alkyl halides is 2. The number of halogens is 2. The Morgan fingerprint density at radius 1 is 1.55 bits per heavy atom. The van der Waals surface area contributed by atoms with Crippen LogP contribution in [0, 0.1) is 5.92 Å². The lowest BCUT2D eigenvalue weighted by molar-refractivity contribution is -0.0584. The number of rotatable bonds is 3. The van der Waals surface area contributed by atoms with Crippen molar-refractivity contribution in [2.24, 2.45) is 5.92 Å². The van der Waals surface area contributed by atoms with Crippen LogP contribution < -0.4 is 5.32 Å². The van der Waals surface area contributed by atoms with Crippen molar-refractivity contribution in [1.82, 2.24) is 5.32 Å². The van der Waals surface area contributed by atoms with E-state index in [0.29, 0.717) is 19.4 Å². The summed E-state index contributed by atoms with van der Waals surface area (Å²) in [6, 6.07) is 0. The zero-order valence-corrected chi connectivity index (χ0v) is 6.87. The van der Waals surface area contributed by atoms with Gasteiger partial charge in [-0.15, -0.1) is 0 Å². The number of hydrogen-bond acceptors (Lipinski definition) is 1. The van der Waals surface area contributed by atoms with Gasteiger partial charge < -0.3 is 5.32 Å². The SMILES string of the molecule is CCCC(F)(F)C1CCNC1. The van der Waals surface area contributed by atoms with Crippen LogP contribution in [-0.4, -0.2) is 19.0 Å². The molecule has 1 fully saturated rings. The van der Waals surface area contributed by atoms with Crippen LogP contribution in [0.2, 0.25) is 0 Å². The molecule has 11 heavy (non-hydrogen) atoms. The predicted octanol–water partition coefficient (Wildman–Crippen LogP) is 2.03. The van der Waals surface area contributed by atoms with Crippen LogP contribution in [0.1, 0.15) is 26.2 Å². The summed E-state index contributed by atoms with van der Waals surface area (Å²) in [5, 5.41) is 2.96. The molecule has 1 rings (SSSR count). The van der Waals surface area contributed by atoms with Crippen LogP contribution in [0.25, 0.3) is 0 Å². The van der Waals surface area contributed by atoms with Crippen molar-refractivity contribution in [1.29, 1.82) is 0 Å². The highest BCUT2D eigenvalue weighted by Gasteiger charge is 2.39. The van der Waals surface area contributed by atoms with Gasteiger partial charge in [0.25, 0.3) is 5.92 Å². The van der Waals surface area contributed by atoms with Gasteiger partial charge >= 0.3 is 0 Å². The van der Waals surface area contributed by atoms with Gasteiger partial charge in [-0.05, 0) is 13.0 Å². The molecule has 0 bridgehead atoms. The van der Waals surface area contributed by atoms with E-state index in [1.165, 1.54) is 0 Å². The molecule has 0 aromatic rings. The average Bonchev–Trinajstić information content (AvgIpc) is 2.37.